The molecular weight excluding hydrogens is 260 g/mol. The summed E-state index contributed by atoms with van der Waals surface area (Å²) in [5, 5.41) is 1.72. The number of hydrogen-bond donors (Lipinski definition) is 1. The first kappa shape index (κ1) is 11.8. The maximum Gasteiger partial charge on any atom is 0.0897 e. The minimum absolute atomic E-state index is 0.616. The first-order chi connectivity index (χ1) is 7.65. The van der Waals surface area contributed by atoms with Gasteiger partial charge >= 0.3 is 0 Å². The summed E-state index contributed by atoms with van der Waals surface area (Å²) in [7, 11) is 0. The number of halogens is 1. The third-order valence-corrected chi connectivity index (χ3v) is 4.49. The molecule has 0 amide bonds. The number of hydrogen-bond acceptors (Lipinski definition) is 4. The third-order valence-electron chi connectivity index (χ3n) is 2.02. The van der Waals surface area contributed by atoms with Crippen molar-refractivity contribution in [1.82, 2.24) is 4.98 Å². The number of thiazole rings is 1. The van der Waals surface area contributed by atoms with Gasteiger partial charge in [0.15, 0.2) is 0 Å². The Morgan fingerprint density at radius 3 is 2.94 bits per heavy atom. The van der Waals surface area contributed by atoms with Gasteiger partial charge < -0.3 is 5.73 Å². The average molecular weight is 271 g/mol. The highest BCUT2D eigenvalue weighted by molar-refractivity contribution is 7.98. The van der Waals surface area contributed by atoms with Crippen LogP contribution in [-0.4, -0.2) is 4.98 Å². The van der Waals surface area contributed by atoms with Crippen LogP contribution >= 0.6 is 34.7 Å². The highest BCUT2D eigenvalue weighted by atomic mass is 35.5. The number of aryl methyl sites for hydroxylation is 1. The van der Waals surface area contributed by atoms with Gasteiger partial charge in [-0.2, -0.15) is 0 Å². The van der Waals surface area contributed by atoms with Crippen LogP contribution in [-0.2, 0) is 5.75 Å². The molecule has 0 aliphatic heterocycles. The smallest absolute Gasteiger partial charge is 0.0897 e. The van der Waals surface area contributed by atoms with Crippen molar-refractivity contribution in [2.75, 3.05) is 5.73 Å². The molecule has 0 atom stereocenters. The highest BCUT2D eigenvalue weighted by Gasteiger charge is 2.02. The molecule has 2 nitrogen and oxygen atoms in total. The van der Waals surface area contributed by atoms with Crippen molar-refractivity contribution in [2.24, 2.45) is 0 Å². The van der Waals surface area contributed by atoms with Gasteiger partial charge in [0.25, 0.3) is 0 Å². The SMILES string of the molecule is Cc1ncc(CSc2ccc(N)c(Cl)c2)s1. The third kappa shape index (κ3) is 2.90. The topological polar surface area (TPSA) is 38.9 Å². The van der Waals surface area contributed by atoms with E-state index in [2.05, 4.69) is 4.98 Å². The van der Waals surface area contributed by atoms with E-state index in [1.807, 2.05) is 31.3 Å². The summed E-state index contributed by atoms with van der Waals surface area (Å²) in [4.78, 5) is 6.62. The van der Waals surface area contributed by atoms with Crippen LogP contribution < -0.4 is 5.73 Å². The van der Waals surface area contributed by atoms with Crippen molar-refractivity contribution in [3.05, 3.63) is 39.3 Å². The molecule has 2 N–H and O–H groups in total. The predicted octanol–water partition coefficient (Wildman–Crippen LogP) is 3.98. The fourth-order valence-electron chi connectivity index (χ4n) is 1.22. The molecule has 1 heterocycles. The molecule has 0 radical (unpaired) electrons. The molecule has 0 unspecified atom stereocenters. The molecule has 0 saturated carbocycles. The monoisotopic (exact) mass is 270 g/mol. The highest BCUT2D eigenvalue weighted by Crippen LogP contribution is 2.29. The predicted molar refractivity (Wildman–Crippen MR) is 72.3 cm³/mol. The van der Waals surface area contributed by atoms with Crippen LogP contribution in [0.15, 0.2) is 29.3 Å². The summed E-state index contributed by atoms with van der Waals surface area (Å²) in [5.41, 5.74) is 6.27. The average Bonchev–Trinajstić information content (AvgIpc) is 2.66. The van der Waals surface area contributed by atoms with E-state index in [0.29, 0.717) is 10.7 Å². The van der Waals surface area contributed by atoms with Gasteiger partial charge in [-0.3, -0.25) is 0 Å². The Morgan fingerprint density at radius 1 is 1.50 bits per heavy atom. The van der Waals surface area contributed by atoms with Crippen LogP contribution in [0.2, 0.25) is 5.02 Å². The van der Waals surface area contributed by atoms with Crippen molar-refractivity contribution < 1.29 is 0 Å². The molecule has 5 heteroatoms. The molecule has 2 aromatic rings. The lowest BCUT2D eigenvalue weighted by Gasteiger charge is -2.02. The molecule has 1 aromatic carbocycles. The van der Waals surface area contributed by atoms with Crippen molar-refractivity contribution in [1.29, 1.82) is 0 Å². The quantitative estimate of drug-likeness (QED) is 0.677. The Labute approximate surface area is 108 Å². The second-order valence-corrected chi connectivity index (χ2v) is 6.09. The molecular formula is C11H11ClN2S2. The van der Waals surface area contributed by atoms with Crippen LogP contribution in [0.3, 0.4) is 0 Å². The van der Waals surface area contributed by atoms with E-state index in [1.54, 1.807) is 23.1 Å². The summed E-state index contributed by atoms with van der Waals surface area (Å²) >= 11 is 9.42. The number of nitrogen functional groups attached to an aromatic ring is 1. The van der Waals surface area contributed by atoms with Crippen molar-refractivity contribution in [2.45, 2.75) is 17.6 Å². The maximum absolute atomic E-state index is 5.95. The van der Waals surface area contributed by atoms with Gasteiger partial charge in [0, 0.05) is 21.7 Å². The molecule has 0 fully saturated rings. The molecule has 0 aliphatic rings. The zero-order chi connectivity index (χ0) is 11.5. The molecule has 0 aliphatic carbocycles. The minimum atomic E-state index is 0.616. The summed E-state index contributed by atoms with van der Waals surface area (Å²) in [5.74, 6) is 0.922. The largest absolute Gasteiger partial charge is 0.398 e. The second kappa shape index (κ2) is 5.08. The molecule has 16 heavy (non-hydrogen) atoms. The summed E-state index contributed by atoms with van der Waals surface area (Å²) in [6, 6.07) is 5.72. The lowest BCUT2D eigenvalue weighted by Crippen LogP contribution is -1.85. The zero-order valence-electron chi connectivity index (χ0n) is 8.74. The van der Waals surface area contributed by atoms with E-state index in [-0.39, 0.29) is 0 Å². The van der Waals surface area contributed by atoms with Gasteiger partial charge in [-0.05, 0) is 25.1 Å². The molecule has 0 saturated heterocycles. The fourth-order valence-corrected chi connectivity index (χ4v) is 3.22. The Balaban J connectivity index is 2.02. The van der Waals surface area contributed by atoms with E-state index in [0.717, 1.165) is 15.7 Å². The number of rotatable bonds is 3. The van der Waals surface area contributed by atoms with E-state index in [1.165, 1.54) is 4.88 Å². The summed E-state index contributed by atoms with van der Waals surface area (Å²) in [6.07, 6.45) is 1.92. The Kier molecular flexibility index (Phi) is 3.74. The van der Waals surface area contributed by atoms with Crippen molar-refractivity contribution in [3.8, 4) is 0 Å². The van der Waals surface area contributed by atoms with Crippen LogP contribution in [0.5, 0.6) is 0 Å². The summed E-state index contributed by atoms with van der Waals surface area (Å²) < 4.78 is 0. The van der Waals surface area contributed by atoms with E-state index < -0.39 is 0 Å². The molecule has 2 rings (SSSR count). The number of nitrogens with zero attached hydrogens (tertiary/aromatic N) is 1. The number of aromatic nitrogens is 1. The van der Waals surface area contributed by atoms with Crippen LogP contribution in [0.25, 0.3) is 0 Å². The van der Waals surface area contributed by atoms with Crippen LogP contribution in [0.4, 0.5) is 5.69 Å². The van der Waals surface area contributed by atoms with Crippen LogP contribution in [0.1, 0.15) is 9.88 Å². The second-order valence-electron chi connectivity index (χ2n) is 3.32. The number of benzene rings is 1. The Hall–Kier alpha value is -0.710. The maximum atomic E-state index is 5.95. The zero-order valence-corrected chi connectivity index (χ0v) is 11.1. The lowest BCUT2D eigenvalue weighted by atomic mass is 10.3. The van der Waals surface area contributed by atoms with E-state index in [4.69, 9.17) is 17.3 Å². The normalized spacial score (nSPS) is 10.6. The molecule has 0 spiro atoms. The molecule has 1 aromatic heterocycles. The minimum Gasteiger partial charge on any atom is -0.398 e. The standard InChI is InChI=1S/C11H11ClN2S2/c1-7-14-5-9(16-7)6-15-8-2-3-11(13)10(12)4-8/h2-5H,6,13H2,1H3. The summed E-state index contributed by atoms with van der Waals surface area (Å²) in [6.45, 7) is 2.01. The Bertz CT molecular complexity index is 496. The fraction of sp³-hybridized carbons (Fsp3) is 0.182. The number of thioether (sulfide) groups is 1. The van der Waals surface area contributed by atoms with Gasteiger partial charge in [-0.25, -0.2) is 4.98 Å². The Morgan fingerprint density at radius 2 is 2.31 bits per heavy atom. The first-order valence-electron chi connectivity index (χ1n) is 4.74. The molecule has 0 bridgehead atoms. The van der Waals surface area contributed by atoms with E-state index in [9.17, 15) is 0 Å². The number of nitrogens with two attached hydrogens (primary N) is 1. The van der Waals surface area contributed by atoms with Gasteiger partial charge in [0.1, 0.15) is 0 Å². The van der Waals surface area contributed by atoms with Gasteiger partial charge in [0.05, 0.1) is 15.7 Å². The van der Waals surface area contributed by atoms with E-state index >= 15 is 0 Å². The van der Waals surface area contributed by atoms with Gasteiger partial charge in [-0.15, -0.1) is 23.1 Å². The molecule has 84 valence electrons. The van der Waals surface area contributed by atoms with Crippen molar-refractivity contribution in [3.63, 3.8) is 0 Å². The van der Waals surface area contributed by atoms with Gasteiger partial charge in [-0.1, -0.05) is 11.6 Å². The van der Waals surface area contributed by atoms with Crippen LogP contribution in [0, 0.1) is 6.92 Å². The van der Waals surface area contributed by atoms with Gasteiger partial charge in [0.2, 0.25) is 0 Å². The number of anilines is 1. The van der Waals surface area contributed by atoms with Crippen molar-refractivity contribution >= 4 is 40.4 Å². The first-order valence-corrected chi connectivity index (χ1v) is 6.92. The lowest BCUT2D eigenvalue weighted by molar-refractivity contribution is 1.28.